The van der Waals surface area contributed by atoms with E-state index in [4.69, 9.17) is 11.6 Å². The van der Waals surface area contributed by atoms with E-state index in [1.54, 1.807) is 25.1 Å². The topological polar surface area (TPSA) is 49.3 Å². The van der Waals surface area contributed by atoms with Crippen molar-refractivity contribution in [1.82, 2.24) is 5.32 Å². The molecule has 0 heterocycles. The van der Waals surface area contributed by atoms with Crippen molar-refractivity contribution in [2.24, 2.45) is 5.92 Å². The van der Waals surface area contributed by atoms with Crippen LogP contribution in [-0.4, -0.2) is 22.4 Å². The summed E-state index contributed by atoms with van der Waals surface area (Å²) in [5.74, 6) is 0.795. The number of carbonyl (C=O) groups is 1. The number of para-hydroxylation sites is 1. The van der Waals surface area contributed by atoms with Crippen LogP contribution in [0, 0.1) is 12.8 Å². The van der Waals surface area contributed by atoms with Gasteiger partial charge in [0.1, 0.15) is 5.75 Å². The molecule has 110 valence electrons. The molecule has 20 heavy (non-hydrogen) atoms. The van der Waals surface area contributed by atoms with Crippen LogP contribution in [0.3, 0.4) is 0 Å². The number of hydrogen-bond acceptors (Lipinski definition) is 2. The van der Waals surface area contributed by atoms with Gasteiger partial charge in [-0.15, -0.1) is 11.6 Å². The molecule has 1 fully saturated rings. The van der Waals surface area contributed by atoms with Crippen LogP contribution < -0.4 is 5.32 Å². The van der Waals surface area contributed by atoms with Crippen LogP contribution in [0.15, 0.2) is 18.2 Å². The normalized spacial score (nSPS) is 26.2. The van der Waals surface area contributed by atoms with Crippen molar-refractivity contribution >= 4 is 17.5 Å². The van der Waals surface area contributed by atoms with Gasteiger partial charge >= 0.3 is 0 Å². The number of amides is 1. The first-order valence-corrected chi connectivity index (χ1v) is 7.68. The van der Waals surface area contributed by atoms with Gasteiger partial charge in [0.2, 0.25) is 0 Å². The van der Waals surface area contributed by atoms with Crippen molar-refractivity contribution in [3.8, 4) is 5.75 Å². The van der Waals surface area contributed by atoms with Crippen LogP contribution in [0.1, 0.15) is 48.5 Å². The Labute approximate surface area is 125 Å². The summed E-state index contributed by atoms with van der Waals surface area (Å²) in [4.78, 5) is 12.4. The zero-order valence-electron chi connectivity index (χ0n) is 12.1. The third kappa shape index (κ3) is 3.09. The minimum Gasteiger partial charge on any atom is -0.507 e. The molecule has 1 aliphatic rings. The fourth-order valence-corrected chi connectivity index (χ4v) is 3.39. The Balaban J connectivity index is 2.19. The minimum atomic E-state index is -0.341. The number of aromatic hydroxyl groups is 1. The average Bonchev–Trinajstić information content (AvgIpc) is 2.41. The van der Waals surface area contributed by atoms with Crippen molar-refractivity contribution in [2.45, 2.75) is 45.1 Å². The number of phenols is 1. The maximum absolute atomic E-state index is 12.4. The number of halogens is 1. The molecule has 1 saturated carbocycles. The van der Waals surface area contributed by atoms with E-state index in [2.05, 4.69) is 12.2 Å². The molecule has 0 saturated heterocycles. The Kier molecular flexibility index (Phi) is 4.59. The van der Waals surface area contributed by atoms with E-state index in [-0.39, 0.29) is 17.2 Å². The first kappa shape index (κ1) is 15.2. The van der Waals surface area contributed by atoms with E-state index in [1.165, 1.54) is 6.42 Å². The molecule has 2 N–H and O–H groups in total. The summed E-state index contributed by atoms with van der Waals surface area (Å²) in [6.07, 6.45) is 4.06. The lowest BCUT2D eigenvalue weighted by Crippen LogP contribution is -2.52. The van der Waals surface area contributed by atoms with E-state index in [9.17, 15) is 9.90 Å². The monoisotopic (exact) mass is 295 g/mol. The van der Waals surface area contributed by atoms with Crippen molar-refractivity contribution in [3.63, 3.8) is 0 Å². The molecule has 1 aromatic rings. The van der Waals surface area contributed by atoms with Crippen LogP contribution in [-0.2, 0) is 0 Å². The molecule has 3 nitrogen and oxygen atoms in total. The Morgan fingerprint density at radius 3 is 2.95 bits per heavy atom. The van der Waals surface area contributed by atoms with E-state index >= 15 is 0 Å². The molecule has 4 heteroatoms. The van der Waals surface area contributed by atoms with E-state index in [1.807, 2.05) is 0 Å². The molecule has 0 spiro atoms. The largest absolute Gasteiger partial charge is 0.507 e. The molecule has 2 atom stereocenters. The lowest BCUT2D eigenvalue weighted by Gasteiger charge is -2.39. The summed E-state index contributed by atoms with van der Waals surface area (Å²) >= 11 is 6.13. The highest BCUT2D eigenvalue weighted by Crippen LogP contribution is 2.34. The summed E-state index contributed by atoms with van der Waals surface area (Å²) < 4.78 is 0. The van der Waals surface area contributed by atoms with Crippen LogP contribution >= 0.6 is 11.6 Å². The number of rotatable bonds is 3. The summed E-state index contributed by atoms with van der Waals surface area (Å²) in [5, 5.41) is 13.1. The fraction of sp³-hybridized carbons (Fsp3) is 0.562. The molecule has 0 aromatic heterocycles. The van der Waals surface area contributed by atoms with Crippen molar-refractivity contribution in [1.29, 1.82) is 0 Å². The minimum absolute atomic E-state index is 0.0542. The Bertz CT molecular complexity index is 503. The highest BCUT2D eigenvalue weighted by atomic mass is 35.5. The van der Waals surface area contributed by atoms with E-state index in [0.29, 0.717) is 22.9 Å². The zero-order chi connectivity index (χ0) is 14.8. The third-order valence-electron chi connectivity index (χ3n) is 4.21. The SMILES string of the molecule is Cc1cccc(C(=O)NC2(CCl)CCCC(C)C2)c1O. The van der Waals surface area contributed by atoms with Gasteiger partial charge in [0.15, 0.2) is 0 Å². The second-order valence-electron chi connectivity index (χ2n) is 6.04. The second-order valence-corrected chi connectivity index (χ2v) is 6.31. The number of alkyl halides is 1. The zero-order valence-corrected chi connectivity index (χ0v) is 12.8. The Morgan fingerprint density at radius 2 is 2.30 bits per heavy atom. The van der Waals surface area contributed by atoms with Gasteiger partial charge in [-0.25, -0.2) is 0 Å². The molecule has 0 radical (unpaired) electrons. The predicted octanol–water partition coefficient (Wildman–Crippen LogP) is 3.62. The molecule has 1 aromatic carbocycles. The van der Waals surface area contributed by atoms with Crippen LogP contribution in [0.2, 0.25) is 0 Å². The van der Waals surface area contributed by atoms with Crippen LogP contribution in [0.5, 0.6) is 5.75 Å². The van der Waals surface area contributed by atoms with Crippen LogP contribution in [0.4, 0.5) is 0 Å². The number of carbonyl (C=O) groups excluding carboxylic acids is 1. The molecule has 1 amide bonds. The van der Waals surface area contributed by atoms with Gasteiger partial charge in [-0.2, -0.15) is 0 Å². The first-order valence-electron chi connectivity index (χ1n) is 7.14. The third-order valence-corrected chi connectivity index (χ3v) is 4.72. The number of hydrogen-bond donors (Lipinski definition) is 2. The molecule has 2 rings (SSSR count). The number of aryl methyl sites for hydroxylation is 1. The summed E-state index contributed by atoms with van der Waals surface area (Å²) in [6.45, 7) is 3.98. The Morgan fingerprint density at radius 1 is 1.55 bits per heavy atom. The lowest BCUT2D eigenvalue weighted by molar-refractivity contribution is 0.0864. The van der Waals surface area contributed by atoms with Crippen molar-refractivity contribution < 1.29 is 9.90 Å². The standard InChI is InChI=1S/C16H22ClNO2/c1-11-5-4-8-16(9-11,10-17)18-15(20)13-7-3-6-12(2)14(13)19/h3,6-7,11,19H,4-5,8-10H2,1-2H3,(H,18,20). The molecule has 1 aliphatic carbocycles. The molecular weight excluding hydrogens is 274 g/mol. The van der Waals surface area contributed by atoms with Gasteiger partial charge in [-0.05, 0) is 37.3 Å². The molecule has 0 bridgehead atoms. The molecular formula is C16H22ClNO2. The van der Waals surface area contributed by atoms with E-state index < -0.39 is 0 Å². The smallest absolute Gasteiger partial charge is 0.255 e. The van der Waals surface area contributed by atoms with Crippen molar-refractivity contribution in [3.05, 3.63) is 29.3 Å². The average molecular weight is 296 g/mol. The molecule has 0 aliphatic heterocycles. The van der Waals surface area contributed by atoms with Gasteiger partial charge in [-0.3, -0.25) is 4.79 Å². The Hall–Kier alpha value is -1.22. The fourth-order valence-electron chi connectivity index (χ4n) is 3.08. The number of nitrogens with one attached hydrogen (secondary N) is 1. The lowest BCUT2D eigenvalue weighted by atomic mass is 9.77. The highest BCUT2D eigenvalue weighted by molar-refractivity contribution is 6.19. The first-order chi connectivity index (χ1) is 9.47. The summed E-state index contributed by atoms with van der Waals surface area (Å²) in [6, 6.07) is 5.21. The van der Waals surface area contributed by atoms with E-state index in [0.717, 1.165) is 19.3 Å². The maximum atomic E-state index is 12.4. The van der Waals surface area contributed by atoms with Crippen molar-refractivity contribution in [2.75, 3.05) is 5.88 Å². The van der Waals surface area contributed by atoms with Gasteiger partial charge in [0.25, 0.3) is 5.91 Å². The second kappa shape index (κ2) is 6.04. The van der Waals surface area contributed by atoms with Gasteiger partial charge < -0.3 is 10.4 Å². The van der Waals surface area contributed by atoms with Gasteiger partial charge in [-0.1, -0.05) is 31.9 Å². The summed E-state index contributed by atoms with van der Waals surface area (Å²) in [5.41, 5.74) is 0.689. The predicted molar refractivity (Wildman–Crippen MR) is 81.4 cm³/mol. The number of phenolic OH excluding ortho intramolecular Hbond substituents is 1. The maximum Gasteiger partial charge on any atom is 0.255 e. The highest BCUT2D eigenvalue weighted by Gasteiger charge is 2.36. The quantitative estimate of drug-likeness (QED) is 0.837. The van der Waals surface area contributed by atoms with Gasteiger partial charge in [0, 0.05) is 5.88 Å². The number of benzene rings is 1. The van der Waals surface area contributed by atoms with Crippen LogP contribution in [0.25, 0.3) is 0 Å². The van der Waals surface area contributed by atoms with Gasteiger partial charge in [0.05, 0.1) is 11.1 Å². The molecule has 2 unspecified atom stereocenters. The summed E-state index contributed by atoms with van der Waals surface area (Å²) in [7, 11) is 0.